The highest BCUT2D eigenvalue weighted by atomic mass is 19.1. The summed E-state index contributed by atoms with van der Waals surface area (Å²) in [7, 11) is 3.63. The molecule has 0 atom stereocenters. The number of aromatic amines is 3. The molecule has 3 aromatic carbocycles. The number of anilines is 3. The van der Waals surface area contributed by atoms with Crippen molar-refractivity contribution in [2.75, 3.05) is 109 Å². The number of benzene rings is 3. The summed E-state index contributed by atoms with van der Waals surface area (Å²) in [4.78, 5) is 138. The number of carbonyl (C=O) groups excluding carboxylic acids is 6. The summed E-state index contributed by atoms with van der Waals surface area (Å²) < 4.78 is 43.2. The number of carbonyl (C=O) groups is 6. The van der Waals surface area contributed by atoms with Crippen LogP contribution in [0.2, 0.25) is 0 Å². The van der Waals surface area contributed by atoms with Gasteiger partial charge in [-0.05, 0) is 136 Å². The van der Waals surface area contributed by atoms with Gasteiger partial charge in [-0.3, -0.25) is 70.0 Å². The third-order valence-electron chi connectivity index (χ3n) is 18.7. The molecule has 0 bridgehead atoms. The van der Waals surface area contributed by atoms with Crippen molar-refractivity contribution in [3.63, 3.8) is 0 Å². The molecular weight excluding hydrogens is 1440 g/mol. The van der Waals surface area contributed by atoms with E-state index in [-0.39, 0.29) is 67.1 Å². The number of rotatable bonds is 19. The molecule has 0 unspecified atom stereocenters. The molecule has 112 heavy (non-hydrogen) atoms. The van der Waals surface area contributed by atoms with Crippen molar-refractivity contribution < 1.29 is 51.8 Å². The second kappa shape index (κ2) is 35.0. The molecule has 3 aliphatic heterocycles. The fraction of sp³-hybridized carbons (Fsp3) is 0.291. The Hall–Kier alpha value is -13.1. The van der Waals surface area contributed by atoms with E-state index in [1.165, 1.54) is 24.4 Å². The minimum atomic E-state index is -0.644. The van der Waals surface area contributed by atoms with Gasteiger partial charge >= 0.3 is 18.3 Å². The van der Waals surface area contributed by atoms with Crippen LogP contribution < -0.4 is 16.0 Å². The average Bonchev–Trinajstić information content (AvgIpc) is 1.56. The molecule has 12 aromatic rings. The SMILES string of the molecule is CCOC(=O)Nc1nc2c(-c3ccc(F)cn3)cc(-c3ccc(CN4CCN(C(C)C)C(=O)C4)nc3)cc2[nH]1.CCOC(=O)Nc1nc2c(-c3ccccn3)cc(-c3cnc(CN4CCN(C)C(=O)C4)nc3)cc2[nH]1.CCOC(=O)Nc1nc2c(-c3ncccc3F)cc(-c3ccc(CN4CCN(C)C(=O)C4)nc3)cc2[nH]1. The molecule has 15 rings (SSSR count). The molecule has 31 nitrogen and oxygen atoms in total. The monoisotopic (exact) mass is 1520 g/mol. The first-order valence-corrected chi connectivity index (χ1v) is 36.4. The van der Waals surface area contributed by atoms with Crippen LogP contribution in [0.15, 0.2) is 147 Å². The predicted octanol–water partition coefficient (Wildman–Crippen LogP) is 11.0. The van der Waals surface area contributed by atoms with Crippen LogP contribution >= 0.6 is 0 Å². The normalized spacial score (nSPS) is 14.3. The molecule has 0 radical (unpaired) electrons. The molecule has 6 N–H and O–H groups in total. The van der Waals surface area contributed by atoms with Crippen molar-refractivity contribution in [1.82, 2.24) is 94.2 Å². The molecule has 33 heteroatoms. The number of nitrogens with one attached hydrogen (secondary N) is 6. The maximum Gasteiger partial charge on any atom is 0.413 e. The summed E-state index contributed by atoms with van der Waals surface area (Å²) in [5.41, 5.74) is 13.7. The number of nitrogens with zero attached hydrogens (tertiary/aromatic N) is 16. The summed E-state index contributed by atoms with van der Waals surface area (Å²) in [5.74, 6) is 0.758. The van der Waals surface area contributed by atoms with Gasteiger partial charge in [0.1, 0.15) is 28.7 Å². The second-order valence-corrected chi connectivity index (χ2v) is 26.9. The minimum absolute atomic E-state index is 0.0989. The van der Waals surface area contributed by atoms with Gasteiger partial charge in [0.05, 0.1) is 103 Å². The zero-order chi connectivity index (χ0) is 78.5. The van der Waals surface area contributed by atoms with E-state index in [1.54, 1.807) is 73.7 Å². The average molecular weight is 1520 g/mol. The van der Waals surface area contributed by atoms with Gasteiger partial charge in [-0.15, -0.1) is 0 Å². The smallest absolute Gasteiger partial charge is 0.413 e. The van der Waals surface area contributed by atoms with Crippen LogP contribution in [-0.2, 0) is 48.2 Å². The van der Waals surface area contributed by atoms with Crippen LogP contribution in [0.4, 0.5) is 41.0 Å². The number of imidazole rings is 3. The molecule has 6 amide bonds. The van der Waals surface area contributed by atoms with Crippen molar-refractivity contribution in [2.24, 2.45) is 0 Å². The van der Waals surface area contributed by atoms with E-state index in [1.807, 2.05) is 111 Å². The number of ether oxygens (including phenoxy) is 3. The number of H-pyrrole nitrogens is 3. The maximum absolute atomic E-state index is 14.7. The molecule has 0 saturated carbocycles. The molecular formula is C79H82F2N22O9. The van der Waals surface area contributed by atoms with Crippen LogP contribution in [-0.4, -0.2) is 229 Å². The molecule has 3 fully saturated rings. The first-order valence-electron chi connectivity index (χ1n) is 36.4. The maximum atomic E-state index is 14.7. The van der Waals surface area contributed by atoms with Gasteiger partial charge in [-0.25, -0.2) is 48.1 Å². The number of piperazine rings is 3. The number of fused-ring (bicyclic) bond motifs is 3. The Morgan fingerprint density at radius 1 is 0.455 bits per heavy atom. The topological polar surface area (TPSA) is 362 Å². The molecule has 0 aliphatic carbocycles. The van der Waals surface area contributed by atoms with Gasteiger partial charge in [0.15, 0.2) is 0 Å². The molecule has 3 aliphatic rings. The standard InChI is InChI=1S/C28H30FN7O3.C26H26FN7O3.C25H26N8O3/c1-4-39-28(38)34-27-32-24-12-19(11-22(26(24)33-27)23-8-6-20(29)14-31-23)18-5-7-21(30-13-18)15-35-9-10-36(17(2)3)25(37)16-35;1-3-37-26(36)32-25-30-21-12-17(11-19(24(21)31-25)23-20(27)5-4-8-28-23)16-6-7-18(29-13-16)14-34-10-9-33(2)22(35)15-34;1-3-36-25(35)31-24-29-20-11-16(10-18(23(20)30-24)19-6-4-5-7-26-19)17-12-27-21(28-13-17)14-33-9-8-32(2)22(34)15-33/h5-8,11-14,17H,4,9-10,15-16H2,1-3H3,(H2,32,33,34,38);4-8,11-13H,3,9-10,14-15H2,1-2H3,(H2,30,31,32,36);4-7,10-13H,3,8-9,14-15H2,1-2H3,(H2,29,30,31,35). The third-order valence-corrected chi connectivity index (χ3v) is 18.7. The fourth-order valence-corrected chi connectivity index (χ4v) is 13.0. The van der Waals surface area contributed by atoms with Crippen LogP contribution in [0, 0.1) is 11.6 Å². The number of halogens is 2. The Bertz CT molecular complexity index is 5380. The Labute approximate surface area is 641 Å². The highest BCUT2D eigenvalue weighted by Gasteiger charge is 2.28. The van der Waals surface area contributed by atoms with E-state index in [0.717, 1.165) is 87.4 Å². The molecule has 9 aromatic heterocycles. The van der Waals surface area contributed by atoms with Crippen LogP contribution in [0.25, 0.3) is 100 Å². The van der Waals surface area contributed by atoms with E-state index in [4.69, 9.17) is 14.2 Å². The first kappa shape index (κ1) is 77.0. The third kappa shape index (κ3) is 18.8. The number of hydrogen-bond donors (Lipinski definition) is 6. The Kier molecular flexibility index (Phi) is 24.1. The predicted molar refractivity (Wildman–Crippen MR) is 415 cm³/mol. The highest BCUT2D eigenvalue weighted by molar-refractivity contribution is 6.00. The molecule has 0 spiro atoms. The van der Waals surface area contributed by atoms with E-state index >= 15 is 0 Å². The lowest BCUT2D eigenvalue weighted by molar-refractivity contribution is -0.138. The molecule has 576 valence electrons. The summed E-state index contributed by atoms with van der Waals surface area (Å²) >= 11 is 0. The molecule has 12 heterocycles. The summed E-state index contributed by atoms with van der Waals surface area (Å²) in [6, 6.07) is 30.9. The van der Waals surface area contributed by atoms with Crippen molar-refractivity contribution >= 4 is 86.9 Å². The Morgan fingerprint density at radius 2 is 0.911 bits per heavy atom. The zero-order valence-electron chi connectivity index (χ0n) is 62.6. The summed E-state index contributed by atoms with van der Waals surface area (Å²) in [5, 5.41) is 7.75. The van der Waals surface area contributed by atoms with Crippen LogP contribution in [0.5, 0.6) is 0 Å². The van der Waals surface area contributed by atoms with E-state index in [2.05, 4.69) is 90.5 Å². The van der Waals surface area contributed by atoms with Crippen molar-refractivity contribution in [1.29, 1.82) is 0 Å². The quantitative estimate of drug-likeness (QED) is 0.0410. The van der Waals surface area contributed by atoms with Crippen LogP contribution in [0.3, 0.4) is 0 Å². The fourth-order valence-electron chi connectivity index (χ4n) is 13.0. The first-order chi connectivity index (χ1) is 54.2. The lowest BCUT2D eigenvalue weighted by Gasteiger charge is -2.36. The van der Waals surface area contributed by atoms with Gasteiger partial charge in [-0.1, -0.05) is 18.2 Å². The van der Waals surface area contributed by atoms with Crippen molar-refractivity contribution in [3.8, 4) is 67.2 Å². The summed E-state index contributed by atoms with van der Waals surface area (Å²) in [6.07, 6.45) is 9.64. The van der Waals surface area contributed by atoms with Gasteiger partial charge in [0.25, 0.3) is 0 Å². The van der Waals surface area contributed by atoms with Crippen LogP contribution in [0.1, 0.15) is 51.8 Å². The van der Waals surface area contributed by atoms with E-state index < -0.39 is 29.9 Å². The number of likely N-dealkylation sites (N-methyl/N-ethyl adjacent to an activating group) is 2. The lowest BCUT2D eigenvalue weighted by Crippen LogP contribution is -2.52. The highest BCUT2D eigenvalue weighted by Crippen LogP contribution is 2.37. The van der Waals surface area contributed by atoms with Crippen molar-refractivity contribution in [2.45, 2.75) is 60.3 Å². The van der Waals surface area contributed by atoms with Gasteiger partial charge < -0.3 is 43.9 Å². The second-order valence-electron chi connectivity index (χ2n) is 26.9. The van der Waals surface area contributed by atoms with E-state index in [9.17, 15) is 37.5 Å². The largest absolute Gasteiger partial charge is 0.450 e. The van der Waals surface area contributed by atoms with Gasteiger partial charge in [0.2, 0.25) is 35.6 Å². The van der Waals surface area contributed by atoms with Crippen molar-refractivity contribution in [3.05, 3.63) is 175 Å². The van der Waals surface area contributed by atoms with E-state index in [0.29, 0.717) is 109 Å². The van der Waals surface area contributed by atoms with Gasteiger partial charge in [-0.2, -0.15) is 0 Å². The molecule has 3 saturated heterocycles. The minimum Gasteiger partial charge on any atom is -0.450 e. The number of pyridine rings is 5. The summed E-state index contributed by atoms with van der Waals surface area (Å²) in [6.45, 7) is 17.2. The lowest BCUT2D eigenvalue weighted by atomic mass is 10.0. The number of aromatic nitrogens is 13. The Morgan fingerprint density at radius 3 is 1.35 bits per heavy atom. The zero-order valence-corrected chi connectivity index (χ0v) is 62.6. The number of hydrogen-bond acceptors (Lipinski definition) is 22. The van der Waals surface area contributed by atoms with Gasteiger partial charge in [0, 0.05) is 143 Å². The Balaban J connectivity index is 0.000000147. The number of amides is 6.